The smallest absolute Gasteiger partial charge is 0.123 e. The highest BCUT2D eigenvalue weighted by molar-refractivity contribution is 5.79. The van der Waals surface area contributed by atoms with Crippen LogP contribution in [0.2, 0.25) is 0 Å². The van der Waals surface area contributed by atoms with Gasteiger partial charge < -0.3 is 4.74 Å². The SMILES string of the molecule is Fc1ccc(CN2CCC(Oc3ccc4[nH]ncc4c3)C2)cc1. The van der Waals surface area contributed by atoms with Crippen molar-refractivity contribution in [3.05, 3.63) is 60.0 Å². The van der Waals surface area contributed by atoms with Gasteiger partial charge in [0, 0.05) is 25.0 Å². The van der Waals surface area contributed by atoms with Crippen LogP contribution in [-0.4, -0.2) is 34.3 Å². The van der Waals surface area contributed by atoms with Crippen molar-refractivity contribution in [2.45, 2.75) is 19.1 Å². The van der Waals surface area contributed by atoms with Crippen LogP contribution in [0.25, 0.3) is 10.9 Å². The molecular weight excluding hydrogens is 293 g/mol. The molecule has 0 spiro atoms. The van der Waals surface area contributed by atoms with Gasteiger partial charge in [0.1, 0.15) is 17.7 Å². The molecule has 1 atom stereocenters. The summed E-state index contributed by atoms with van der Waals surface area (Å²) < 4.78 is 19.0. The van der Waals surface area contributed by atoms with E-state index in [0.717, 1.165) is 48.3 Å². The molecule has 0 saturated carbocycles. The number of aromatic nitrogens is 2. The minimum Gasteiger partial charge on any atom is -0.489 e. The van der Waals surface area contributed by atoms with Crippen LogP contribution >= 0.6 is 0 Å². The zero-order valence-corrected chi connectivity index (χ0v) is 12.7. The molecule has 118 valence electrons. The molecule has 1 N–H and O–H groups in total. The normalized spacial score (nSPS) is 18.6. The molecule has 0 aliphatic carbocycles. The molecule has 0 bridgehead atoms. The summed E-state index contributed by atoms with van der Waals surface area (Å²) in [5, 5.41) is 8.02. The van der Waals surface area contributed by atoms with Gasteiger partial charge in [0.15, 0.2) is 0 Å². The highest BCUT2D eigenvalue weighted by atomic mass is 19.1. The van der Waals surface area contributed by atoms with Gasteiger partial charge in [-0.2, -0.15) is 5.10 Å². The van der Waals surface area contributed by atoms with Gasteiger partial charge >= 0.3 is 0 Å². The van der Waals surface area contributed by atoms with E-state index in [1.54, 1.807) is 6.20 Å². The molecule has 1 saturated heterocycles. The number of nitrogens with one attached hydrogen (secondary N) is 1. The third kappa shape index (κ3) is 3.19. The predicted octanol–water partition coefficient (Wildman–Crippen LogP) is 3.36. The van der Waals surface area contributed by atoms with E-state index in [1.807, 2.05) is 30.3 Å². The minimum atomic E-state index is -0.189. The van der Waals surface area contributed by atoms with Gasteiger partial charge in [-0.25, -0.2) is 4.39 Å². The van der Waals surface area contributed by atoms with E-state index in [0.29, 0.717) is 0 Å². The summed E-state index contributed by atoms with van der Waals surface area (Å²) in [7, 11) is 0. The number of rotatable bonds is 4. The standard InChI is InChI=1S/C18H18FN3O/c19-15-3-1-13(2-4-15)11-22-8-7-17(12-22)23-16-5-6-18-14(9-16)10-20-21-18/h1-6,9-10,17H,7-8,11-12H2,(H,20,21). The maximum Gasteiger partial charge on any atom is 0.123 e. The molecule has 1 fully saturated rings. The van der Waals surface area contributed by atoms with E-state index in [1.165, 1.54) is 12.1 Å². The Hall–Kier alpha value is -2.40. The summed E-state index contributed by atoms with van der Waals surface area (Å²) in [4.78, 5) is 2.34. The van der Waals surface area contributed by atoms with Gasteiger partial charge in [0.25, 0.3) is 0 Å². The van der Waals surface area contributed by atoms with E-state index < -0.39 is 0 Å². The Kier molecular flexibility index (Phi) is 3.71. The number of nitrogens with zero attached hydrogens (tertiary/aromatic N) is 2. The molecule has 1 aromatic heterocycles. The molecule has 5 heteroatoms. The number of benzene rings is 2. The first-order chi connectivity index (χ1) is 11.3. The summed E-state index contributed by atoms with van der Waals surface area (Å²) >= 11 is 0. The zero-order valence-electron chi connectivity index (χ0n) is 12.7. The maximum absolute atomic E-state index is 13.0. The van der Waals surface area contributed by atoms with Crippen molar-refractivity contribution in [3.63, 3.8) is 0 Å². The van der Waals surface area contributed by atoms with Crippen molar-refractivity contribution in [3.8, 4) is 5.75 Å². The summed E-state index contributed by atoms with van der Waals surface area (Å²) in [5.74, 6) is 0.693. The van der Waals surface area contributed by atoms with Crippen molar-refractivity contribution in [1.29, 1.82) is 0 Å². The van der Waals surface area contributed by atoms with Crippen LogP contribution in [0.1, 0.15) is 12.0 Å². The number of H-pyrrole nitrogens is 1. The highest BCUT2D eigenvalue weighted by Crippen LogP contribution is 2.23. The van der Waals surface area contributed by atoms with E-state index in [9.17, 15) is 4.39 Å². The van der Waals surface area contributed by atoms with Crippen molar-refractivity contribution >= 4 is 10.9 Å². The van der Waals surface area contributed by atoms with Crippen LogP contribution in [0.15, 0.2) is 48.7 Å². The molecule has 3 aromatic rings. The molecule has 1 aliphatic heterocycles. The Morgan fingerprint density at radius 3 is 2.96 bits per heavy atom. The summed E-state index contributed by atoms with van der Waals surface area (Å²) in [6, 6.07) is 12.7. The lowest BCUT2D eigenvalue weighted by atomic mass is 10.2. The van der Waals surface area contributed by atoms with Crippen molar-refractivity contribution in [1.82, 2.24) is 15.1 Å². The van der Waals surface area contributed by atoms with Crippen LogP contribution in [0.5, 0.6) is 5.75 Å². The van der Waals surface area contributed by atoms with Gasteiger partial charge in [-0.05, 0) is 42.3 Å². The van der Waals surface area contributed by atoms with E-state index in [-0.39, 0.29) is 11.9 Å². The second kappa shape index (κ2) is 6.01. The molecule has 1 aliphatic rings. The Morgan fingerprint density at radius 2 is 2.09 bits per heavy atom. The molecule has 4 nitrogen and oxygen atoms in total. The average Bonchev–Trinajstić information content (AvgIpc) is 3.18. The summed E-state index contributed by atoms with van der Waals surface area (Å²) in [6.45, 7) is 2.72. The zero-order chi connectivity index (χ0) is 15.6. The topological polar surface area (TPSA) is 41.1 Å². The number of fused-ring (bicyclic) bond motifs is 1. The fraction of sp³-hybridized carbons (Fsp3) is 0.278. The Bertz CT molecular complexity index is 799. The first-order valence-corrected chi connectivity index (χ1v) is 7.83. The first kappa shape index (κ1) is 14.2. The number of aromatic amines is 1. The van der Waals surface area contributed by atoms with Gasteiger partial charge in [-0.1, -0.05) is 12.1 Å². The third-order valence-electron chi connectivity index (χ3n) is 4.26. The number of halogens is 1. The van der Waals surface area contributed by atoms with Gasteiger partial charge in [-0.3, -0.25) is 10.00 Å². The predicted molar refractivity (Wildman–Crippen MR) is 86.8 cm³/mol. The lowest BCUT2D eigenvalue weighted by Gasteiger charge is -2.17. The van der Waals surface area contributed by atoms with Crippen molar-refractivity contribution in [2.75, 3.05) is 13.1 Å². The molecule has 1 unspecified atom stereocenters. The number of likely N-dealkylation sites (tertiary alicyclic amines) is 1. The minimum absolute atomic E-state index is 0.189. The Morgan fingerprint density at radius 1 is 1.22 bits per heavy atom. The average molecular weight is 311 g/mol. The Labute approximate surface area is 133 Å². The van der Waals surface area contributed by atoms with Crippen molar-refractivity contribution in [2.24, 2.45) is 0 Å². The molecule has 0 radical (unpaired) electrons. The molecule has 0 amide bonds. The van der Waals surface area contributed by atoms with Crippen LogP contribution in [-0.2, 0) is 6.54 Å². The van der Waals surface area contributed by atoms with Crippen LogP contribution in [0.4, 0.5) is 4.39 Å². The summed E-state index contributed by atoms with van der Waals surface area (Å²) in [5.41, 5.74) is 2.15. The quantitative estimate of drug-likeness (QED) is 0.803. The maximum atomic E-state index is 13.0. The highest BCUT2D eigenvalue weighted by Gasteiger charge is 2.24. The Balaban J connectivity index is 1.37. The molecular formula is C18H18FN3O. The fourth-order valence-corrected chi connectivity index (χ4v) is 3.07. The van der Waals surface area contributed by atoms with E-state index in [2.05, 4.69) is 15.1 Å². The van der Waals surface area contributed by atoms with Crippen LogP contribution < -0.4 is 4.74 Å². The van der Waals surface area contributed by atoms with Crippen molar-refractivity contribution < 1.29 is 9.13 Å². The molecule has 2 heterocycles. The largest absolute Gasteiger partial charge is 0.489 e. The first-order valence-electron chi connectivity index (χ1n) is 7.83. The molecule has 4 rings (SSSR count). The number of hydrogen-bond acceptors (Lipinski definition) is 3. The number of ether oxygens (including phenoxy) is 1. The van der Waals surface area contributed by atoms with E-state index in [4.69, 9.17) is 4.74 Å². The molecule has 23 heavy (non-hydrogen) atoms. The molecule has 2 aromatic carbocycles. The van der Waals surface area contributed by atoms with Gasteiger partial charge in [0.05, 0.1) is 11.7 Å². The number of hydrogen-bond donors (Lipinski definition) is 1. The van der Waals surface area contributed by atoms with Gasteiger partial charge in [-0.15, -0.1) is 0 Å². The monoisotopic (exact) mass is 311 g/mol. The lowest BCUT2D eigenvalue weighted by Crippen LogP contribution is -2.24. The van der Waals surface area contributed by atoms with E-state index >= 15 is 0 Å². The summed E-state index contributed by atoms with van der Waals surface area (Å²) in [6.07, 6.45) is 3.00. The second-order valence-corrected chi connectivity index (χ2v) is 6.01. The fourth-order valence-electron chi connectivity index (χ4n) is 3.07. The van der Waals surface area contributed by atoms with Crippen LogP contribution in [0, 0.1) is 5.82 Å². The lowest BCUT2D eigenvalue weighted by molar-refractivity contribution is 0.198. The van der Waals surface area contributed by atoms with Gasteiger partial charge in [0.2, 0.25) is 0 Å². The third-order valence-corrected chi connectivity index (χ3v) is 4.26. The second-order valence-electron chi connectivity index (χ2n) is 6.01. The van der Waals surface area contributed by atoms with Crippen LogP contribution in [0.3, 0.4) is 0 Å².